The number of carbonyl (C=O) groups is 2. The Hall–Kier alpha value is -2.73. The van der Waals surface area contributed by atoms with Crippen LogP contribution in [0, 0.1) is 5.41 Å². The zero-order valence-electron chi connectivity index (χ0n) is 19.3. The molecule has 6 nitrogen and oxygen atoms in total. The molecule has 32 heavy (non-hydrogen) atoms. The fourth-order valence-electron chi connectivity index (χ4n) is 3.63. The molecule has 3 rings (SSSR count). The number of ether oxygens (including phenoxy) is 1. The van der Waals surface area contributed by atoms with Crippen LogP contribution in [0.15, 0.2) is 42.5 Å². The Morgan fingerprint density at radius 2 is 1.69 bits per heavy atom. The highest BCUT2D eigenvalue weighted by atomic mass is 35.5. The van der Waals surface area contributed by atoms with Gasteiger partial charge in [0.2, 0.25) is 5.91 Å². The maximum atomic E-state index is 12.5. The highest BCUT2D eigenvalue weighted by Gasteiger charge is 2.30. The van der Waals surface area contributed by atoms with Crippen molar-refractivity contribution in [2.45, 2.75) is 34.1 Å². The van der Waals surface area contributed by atoms with Gasteiger partial charge < -0.3 is 19.9 Å². The molecule has 0 aromatic heterocycles. The van der Waals surface area contributed by atoms with Crippen LogP contribution in [0.25, 0.3) is 0 Å². The fourth-order valence-corrected chi connectivity index (χ4v) is 3.93. The van der Waals surface area contributed by atoms with Crippen molar-refractivity contribution in [2.24, 2.45) is 5.41 Å². The summed E-state index contributed by atoms with van der Waals surface area (Å²) in [7, 11) is 0. The van der Waals surface area contributed by atoms with E-state index >= 15 is 0 Å². The van der Waals surface area contributed by atoms with E-state index in [9.17, 15) is 9.59 Å². The van der Waals surface area contributed by atoms with E-state index in [4.69, 9.17) is 16.3 Å². The third-order valence-corrected chi connectivity index (χ3v) is 5.78. The summed E-state index contributed by atoms with van der Waals surface area (Å²) in [6.07, 6.45) is 0.961. The van der Waals surface area contributed by atoms with Crippen LogP contribution in [0.5, 0.6) is 5.75 Å². The largest absolute Gasteiger partial charge is 0.484 e. The SMILES string of the molecule is CCc1ccc(OCC(=O)Nc2ccc(N3CCN(C(=O)C(C)(C)C)CC3)c(Cl)c2)cc1. The number of nitrogens with zero attached hydrogens (tertiary/aromatic N) is 2. The lowest BCUT2D eigenvalue weighted by molar-refractivity contribution is -0.139. The number of halogens is 1. The van der Waals surface area contributed by atoms with E-state index < -0.39 is 0 Å². The zero-order valence-corrected chi connectivity index (χ0v) is 20.0. The third-order valence-electron chi connectivity index (χ3n) is 5.48. The van der Waals surface area contributed by atoms with Gasteiger partial charge in [0.15, 0.2) is 6.61 Å². The Balaban J connectivity index is 1.52. The second-order valence-electron chi connectivity index (χ2n) is 9.03. The van der Waals surface area contributed by atoms with Gasteiger partial charge in [-0.25, -0.2) is 0 Å². The Bertz CT molecular complexity index is 946. The lowest BCUT2D eigenvalue weighted by atomic mass is 9.94. The average Bonchev–Trinajstić information content (AvgIpc) is 2.77. The van der Waals surface area contributed by atoms with Crippen molar-refractivity contribution in [3.8, 4) is 5.75 Å². The van der Waals surface area contributed by atoms with Crippen LogP contribution < -0.4 is 15.0 Å². The summed E-state index contributed by atoms with van der Waals surface area (Å²) >= 11 is 6.51. The maximum absolute atomic E-state index is 12.5. The maximum Gasteiger partial charge on any atom is 0.262 e. The minimum Gasteiger partial charge on any atom is -0.484 e. The summed E-state index contributed by atoms with van der Waals surface area (Å²) in [5.74, 6) is 0.585. The van der Waals surface area contributed by atoms with Crippen LogP contribution in [0.3, 0.4) is 0 Å². The van der Waals surface area contributed by atoms with E-state index in [-0.39, 0.29) is 23.8 Å². The normalized spacial score (nSPS) is 14.3. The van der Waals surface area contributed by atoms with Gasteiger partial charge in [0.25, 0.3) is 5.91 Å². The monoisotopic (exact) mass is 457 g/mol. The summed E-state index contributed by atoms with van der Waals surface area (Å²) in [5.41, 5.74) is 2.37. The van der Waals surface area contributed by atoms with Gasteiger partial charge in [-0.05, 0) is 42.3 Å². The molecule has 0 spiro atoms. The van der Waals surface area contributed by atoms with Gasteiger partial charge in [0.05, 0.1) is 10.7 Å². The summed E-state index contributed by atoms with van der Waals surface area (Å²) in [4.78, 5) is 28.8. The molecular formula is C25H32ClN3O3. The Kier molecular flexibility index (Phi) is 7.67. The molecule has 0 atom stereocenters. The number of carbonyl (C=O) groups excluding carboxylic acids is 2. The molecule has 2 aromatic carbocycles. The van der Waals surface area contributed by atoms with Crippen LogP contribution in [-0.2, 0) is 16.0 Å². The molecule has 0 bridgehead atoms. The molecule has 0 radical (unpaired) electrons. The topological polar surface area (TPSA) is 61.9 Å². The van der Waals surface area contributed by atoms with Gasteiger partial charge in [-0.3, -0.25) is 9.59 Å². The van der Waals surface area contributed by atoms with Crippen molar-refractivity contribution >= 4 is 34.8 Å². The number of amides is 2. The summed E-state index contributed by atoms with van der Waals surface area (Å²) < 4.78 is 5.56. The van der Waals surface area contributed by atoms with Crippen LogP contribution in [0.4, 0.5) is 11.4 Å². The molecule has 0 unspecified atom stereocenters. The number of aryl methyl sites for hydroxylation is 1. The first kappa shape index (κ1) is 23.9. The number of rotatable bonds is 6. The number of nitrogens with one attached hydrogen (secondary N) is 1. The number of hydrogen-bond acceptors (Lipinski definition) is 4. The van der Waals surface area contributed by atoms with Crippen LogP contribution in [-0.4, -0.2) is 49.5 Å². The minimum absolute atomic E-state index is 0.0748. The van der Waals surface area contributed by atoms with E-state index in [1.807, 2.05) is 62.1 Å². The second-order valence-corrected chi connectivity index (χ2v) is 9.44. The molecule has 1 heterocycles. The van der Waals surface area contributed by atoms with Crippen LogP contribution in [0.1, 0.15) is 33.3 Å². The predicted molar refractivity (Wildman–Crippen MR) is 130 cm³/mol. The van der Waals surface area contributed by atoms with Crippen LogP contribution >= 0.6 is 11.6 Å². The fraction of sp³-hybridized carbons (Fsp3) is 0.440. The van der Waals surface area contributed by atoms with E-state index in [0.717, 1.165) is 25.2 Å². The molecule has 0 aliphatic carbocycles. The van der Waals surface area contributed by atoms with Crippen molar-refractivity contribution in [1.29, 1.82) is 0 Å². The molecular weight excluding hydrogens is 426 g/mol. The predicted octanol–water partition coefficient (Wildman–Crippen LogP) is 4.61. The molecule has 2 aromatic rings. The first-order chi connectivity index (χ1) is 15.2. The summed E-state index contributed by atoms with van der Waals surface area (Å²) in [5, 5.41) is 3.39. The molecule has 7 heteroatoms. The van der Waals surface area contributed by atoms with Crippen molar-refractivity contribution in [2.75, 3.05) is 43.0 Å². The molecule has 1 saturated heterocycles. The summed E-state index contributed by atoms with van der Waals surface area (Å²) in [6.45, 7) is 10.6. The van der Waals surface area contributed by atoms with Crippen molar-refractivity contribution < 1.29 is 14.3 Å². The van der Waals surface area contributed by atoms with Gasteiger partial charge in [0, 0.05) is 37.3 Å². The first-order valence-corrected chi connectivity index (χ1v) is 11.4. The summed E-state index contributed by atoms with van der Waals surface area (Å²) in [6, 6.07) is 13.2. The minimum atomic E-state index is -0.373. The van der Waals surface area contributed by atoms with Gasteiger partial charge >= 0.3 is 0 Å². The number of piperazine rings is 1. The first-order valence-electron chi connectivity index (χ1n) is 11.0. The van der Waals surface area contributed by atoms with E-state index in [1.165, 1.54) is 5.56 Å². The zero-order chi connectivity index (χ0) is 23.3. The van der Waals surface area contributed by atoms with Crippen molar-refractivity contribution in [3.63, 3.8) is 0 Å². The smallest absolute Gasteiger partial charge is 0.262 e. The van der Waals surface area contributed by atoms with Gasteiger partial charge in [0.1, 0.15) is 5.75 Å². The lowest BCUT2D eigenvalue weighted by Crippen LogP contribution is -2.51. The molecule has 1 fully saturated rings. The Morgan fingerprint density at radius 3 is 2.25 bits per heavy atom. The molecule has 0 saturated carbocycles. The molecule has 1 N–H and O–H groups in total. The lowest BCUT2D eigenvalue weighted by Gasteiger charge is -2.39. The number of anilines is 2. The quantitative estimate of drug-likeness (QED) is 0.687. The van der Waals surface area contributed by atoms with Crippen molar-refractivity contribution in [3.05, 3.63) is 53.1 Å². The van der Waals surface area contributed by atoms with Crippen LogP contribution in [0.2, 0.25) is 5.02 Å². The molecule has 172 valence electrons. The highest BCUT2D eigenvalue weighted by molar-refractivity contribution is 6.33. The van der Waals surface area contributed by atoms with Crippen molar-refractivity contribution in [1.82, 2.24) is 4.90 Å². The highest BCUT2D eigenvalue weighted by Crippen LogP contribution is 2.30. The Morgan fingerprint density at radius 1 is 1.03 bits per heavy atom. The molecule has 2 amide bonds. The van der Waals surface area contributed by atoms with Gasteiger partial charge in [-0.1, -0.05) is 51.4 Å². The third kappa shape index (κ3) is 6.16. The van der Waals surface area contributed by atoms with E-state index in [2.05, 4.69) is 17.1 Å². The van der Waals surface area contributed by atoms with E-state index in [0.29, 0.717) is 29.5 Å². The number of benzene rings is 2. The van der Waals surface area contributed by atoms with E-state index in [1.54, 1.807) is 6.07 Å². The molecule has 1 aliphatic heterocycles. The molecule has 1 aliphatic rings. The average molecular weight is 458 g/mol. The standard InChI is InChI=1S/C25H32ClN3O3/c1-5-18-6-9-20(10-7-18)32-17-23(30)27-19-8-11-22(21(26)16-19)28-12-14-29(15-13-28)24(31)25(2,3)4/h6-11,16H,5,12-15,17H2,1-4H3,(H,27,30). The van der Waals surface area contributed by atoms with Gasteiger partial charge in [-0.15, -0.1) is 0 Å². The Labute approximate surface area is 195 Å². The number of hydrogen-bond donors (Lipinski definition) is 1. The van der Waals surface area contributed by atoms with Gasteiger partial charge in [-0.2, -0.15) is 0 Å². The second kappa shape index (κ2) is 10.3.